The maximum absolute atomic E-state index is 6.42. The first-order chi connectivity index (χ1) is 68.3. The Balaban J connectivity index is 0.000000118. The smallest absolute Gasteiger partial charge is 0.399 e. The molecule has 27 rings (SSSR count). The second-order valence-corrected chi connectivity index (χ2v) is 39.8. The number of nitrogens with zero attached hydrogens (tertiary/aromatic N) is 10. The molecule has 1 aliphatic heterocycles. The van der Waals surface area contributed by atoms with Gasteiger partial charge in [-0.3, -0.25) is 0 Å². The van der Waals surface area contributed by atoms with Crippen LogP contribution in [-0.4, -0.2) is 66.5 Å². The van der Waals surface area contributed by atoms with Crippen LogP contribution in [0.25, 0.3) is 212 Å². The van der Waals surface area contributed by atoms with E-state index in [-0.39, 0.29) is 22.0 Å². The number of rotatable bonds is 12. The maximum atomic E-state index is 6.42. The van der Waals surface area contributed by atoms with Crippen molar-refractivity contribution in [3.05, 3.63) is 451 Å². The second-order valence-electron chi connectivity index (χ2n) is 38.9. The number of halogens is 1. The molecule has 0 amide bonds. The highest BCUT2D eigenvalue weighted by atomic mass is 79.9. The number of fused-ring (bicyclic) bond motifs is 18. The Labute approximate surface area is 820 Å². The first-order valence-electron chi connectivity index (χ1n) is 47.9. The van der Waals surface area contributed by atoms with Gasteiger partial charge in [0.1, 0.15) is 0 Å². The number of para-hydroxylation sites is 4. The summed E-state index contributed by atoms with van der Waals surface area (Å²) in [6, 6.07) is 151. The summed E-state index contributed by atoms with van der Waals surface area (Å²) < 4.78 is 23.4. The molecular formula is C126H94BBrN10O2. The van der Waals surface area contributed by atoms with E-state index in [1.807, 2.05) is 121 Å². The van der Waals surface area contributed by atoms with E-state index in [1.165, 1.54) is 126 Å². The SMILES string of the molecule is Brc1ccc2c(c1)c1ccccc1n2-c1cccc(-c2nc(-c3ccccc3)nc(-c3ccccc3)n2)c1.CC1(C)c2ccccc2-c2cc3c4cc(-c5ccc6c(c5)c5ccccc5n6-c5cccc(-c6nc(-c7ccccc7)nc(-c7ccccc7)n6)c5)ccc4n(-c4ccccc4)c3cc21.CC1(C)c2ccccc2-c2cc3c4cc(B5OC(C)(C)C(C)(C)O5)ccc4n(-c4ccccc4)c3cc21. The lowest BCUT2D eigenvalue weighted by molar-refractivity contribution is 0.00578. The average molecular weight is 1870 g/mol. The van der Waals surface area contributed by atoms with Crippen molar-refractivity contribution in [3.63, 3.8) is 0 Å². The Hall–Kier alpha value is -16.4. The summed E-state index contributed by atoms with van der Waals surface area (Å²) in [5.41, 5.74) is 32.9. The third-order valence-electron chi connectivity index (χ3n) is 29.3. The van der Waals surface area contributed by atoms with Gasteiger partial charge in [0.05, 0.1) is 55.3 Å². The van der Waals surface area contributed by atoms with Gasteiger partial charge < -0.3 is 27.6 Å². The Bertz CT molecular complexity index is 8950. The Morgan fingerprint density at radius 2 is 0.500 bits per heavy atom. The molecule has 0 bridgehead atoms. The normalized spacial score (nSPS) is 14.1. The lowest BCUT2D eigenvalue weighted by Gasteiger charge is -2.32. The summed E-state index contributed by atoms with van der Waals surface area (Å²) in [6.45, 7) is 17.8. The van der Waals surface area contributed by atoms with E-state index in [0.29, 0.717) is 34.9 Å². The molecular weight excluding hydrogens is 1780 g/mol. The zero-order valence-electron chi connectivity index (χ0n) is 78.7. The molecule has 0 unspecified atom stereocenters. The molecule has 0 N–H and O–H groups in total. The molecule has 0 radical (unpaired) electrons. The quantitative estimate of drug-likeness (QED) is 0.111. The van der Waals surface area contributed by atoms with Crippen molar-refractivity contribution in [2.45, 2.75) is 77.4 Å². The predicted molar refractivity (Wildman–Crippen MR) is 580 cm³/mol. The highest BCUT2D eigenvalue weighted by Gasteiger charge is 2.52. The standard InChI is InChI=1S/C60H41N5.C33H32BNO2.C33H21BrN4/c1-60(2)51-27-14-12-25-45(51)47-36-50-49-35-41(30-32-55(49)64(56(50)37-52(47)60)43-22-10-5-11-23-43)40-29-31-54-48(34-40)46-26-13-15-28-53(46)65(54)44-24-16-21-42(33-44)59-62-57(38-17-6-3-7-18-38)61-58(63-59)39-19-8-4-9-20-39;1-31(2)27-15-11-10-14-23(27)24-19-26-25-18-21(34-36-32(3,4)33(5,6)37-34)16-17-29(25)35(30(26)20-28(24)31)22-12-8-7-9-13-22;34-25-18-19-30-28(21-25)27-16-7-8-17-29(27)38(30)26-15-9-14-24(20-26)33-36-31(22-10-3-1-4-11-22)35-32(37-33)23-12-5-2-6-13-23/h3-37H,1-2H3;7-20H,1-6H3;1-21H. The molecule has 1 fully saturated rings. The van der Waals surface area contributed by atoms with Crippen molar-refractivity contribution in [1.29, 1.82) is 0 Å². The van der Waals surface area contributed by atoms with E-state index in [0.717, 1.165) is 82.4 Å². The molecule has 670 valence electrons. The zero-order chi connectivity index (χ0) is 94.4. The predicted octanol–water partition coefficient (Wildman–Crippen LogP) is 31.2. The average Bonchev–Trinajstić information content (AvgIpc) is 1.55. The lowest BCUT2D eigenvalue weighted by Crippen LogP contribution is -2.41. The minimum Gasteiger partial charge on any atom is -0.399 e. The van der Waals surface area contributed by atoms with E-state index in [9.17, 15) is 0 Å². The summed E-state index contributed by atoms with van der Waals surface area (Å²) >= 11 is 3.65. The molecule has 6 aromatic heterocycles. The van der Waals surface area contributed by atoms with Crippen LogP contribution in [0.4, 0.5) is 0 Å². The van der Waals surface area contributed by atoms with Gasteiger partial charge in [0.25, 0.3) is 0 Å². The number of hydrogen-bond acceptors (Lipinski definition) is 8. The molecule has 1 saturated heterocycles. The third-order valence-corrected chi connectivity index (χ3v) is 29.8. The van der Waals surface area contributed by atoms with Gasteiger partial charge in [-0.2, -0.15) is 0 Å². The minimum atomic E-state index is -0.390. The lowest BCUT2D eigenvalue weighted by atomic mass is 9.78. The van der Waals surface area contributed by atoms with Crippen molar-refractivity contribution in [2.75, 3.05) is 0 Å². The van der Waals surface area contributed by atoms with Crippen LogP contribution in [0.1, 0.15) is 77.6 Å². The third kappa shape index (κ3) is 14.4. The number of aromatic nitrogens is 10. The van der Waals surface area contributed by atoms with Crippen LogP contribution >= 0.6 is 15.9 Å². The van der Waals surface area contributed by atoms with Crippen LogP contribution in [0, 0.1) is 0 Å². The molecule has 0 atom stereocenters. The molecule has 7 heterocycles. The Morgan fingerprint density at radius 1 is 0.207 bits per heavy atom. The van der Waals surface area contributed by atoms with Crippen molar-refractivity contribution >= 4 is 116 Å². The zero-order valence-corrected chi connectivity index (χ0v) is 80.2. The summed E-state index contributed by atoms with van der Waals surface area (Å²) in [5, 5.41) is 9.80. The van der Waals surface area contributed by atoms with Crippen LogP contribution in [0.3, 0.4) is 0 Å². The summed E-state index contributed by atoms with van der Waals surface area (Å²) in [4.78, 5) is 29.7. The topological polar surface area (TPSA) is 116 Å². The van der Waals surface area contributed by atoms with Crippen LogP contribution in [-0.2, 0) is 20.1 Å². The number of benzene rings is 18. The highest BCUT2D eigenvalue weighted by molar-refractivity contribution is 9.10. The first-order valence-corrected chi connectivity index (χ1v) is 48.7. The first kappa shape index (κ1) is 85.3. The Morgan fingerprint density at radius 3 is 0.907 bits per heavy atom. The summed E-state index contributed by atoms with van der Waals surface area (Å²) in [6.07, 6.45) is 0. The molecule has 2 aliphatic carbocycles. The van der Waals surface area contributed by atoms with E-state index >= 15 is 0 Å². The largest absolute Gasteiger partial charge is 0.494 e. The van der Waals surface area contributed by atoms with Crippen molar-refractivity contribution < 1.29 is 9.31 Å². The van der Waals surface area contributed by atoms with E-state index < -0.39 is 7.12 Å². The fraction of sp³-hybridized carbons (Fsp3) is 0.0952. The molecule has 0 spiro atoms. The molecule has 3 aliphatic rings. The van der Waals surface area contributed by atoms with Gasteiger partial charge in [-0.05, 0) is 222 Å². The van der Waals surface area contributed by atoms with Gasteiger partial charge in [-0.1, -0.05) is 335 Å². The summed E-state index contributed by atoms with van der Waals surface area (Å²) in [5.74, 6) is 3.87. The van der Waals surface area contributed by atoms with Gasteiger partial charge in [-0.25, -0.2) is 29.9 Å². The van der Waals surface area contributed by atoms with Crippen LogP contribution in [0.15, 0.2) is 429 Å². The molecule has 0 saturated carbocycles. The molecule has 14 heteroatoms. The van der Waals surface area contributed by atoms with Gasteiger partial charge in [-0.15, -0.1) is 0 Å². The van der Waals surface area contributed by atoms with Gasteiger partial charge >= 0.3 is 7.12 Å². The van der Waals surface area contributed by atoms with Crippen molar-refractivity contribution in [1.82, 2.24) is 48.2 Å². The van der Waals surface area contributed by atoms with E-state index in [1.54, 1.807) is 0 Å². The van der Waals surface area contributed by atoms with Gasteiger partial charge in [0, 0.05) is 115 Å². The molecule has 24 aromatic rings. The molecule has 18 aromatic carbocycles. The number of hydrogen-bond donors (Lipinski definition) is 0. The van der Waals surface area contributed by atoms with Crippen molar-refractivity contribution in [2.24, 2.45) is 0 Å². The van der Waals surface area contributed by atoms with Crippen molar-refractivity contribution in [3.8, 4) is 124 Å². The van der Waals surface area contributed by atoms with Gasteiger partial charge in [0.2, 0.25) is 0 Å². The van der Waals surface area contributed by atoms with Gasteiger partial charge in [0.15, 0.2) is 34.9 Å². The monoisotopic (exact) mass is 1870 g/mol. The Kier molecular flexibility index (Phi) is 20.4. The fourth-order valence-corrected chi connectivity index (χ4v) is 21.9. The minimum absolute atomic E-state index is 0.0497. The van der Waals surface area contributed by atoms with Crippen LogP contribution in [0.2, 0.25) is 0 Å². The van der Waals surface area contributed by atoms with E-state index in [2.05, 4.69) is 393 Å². The van der Waals surface area contributed by atoms with E-state index in [4.69, 9.17) is 39.2 Å². The fourth-order valence-electron chi connectivity index (χ4n) is 21.6. The molecule has 12 nitrogen and oxygen atoms in total. The molecule has 140 heavy (non-hydrogen) atoms. The van der Waals surface area contributed by atoms with Crippen LogP contribution < -0.4 is 5.46 Å². The maximum Gasteiger partial charge on any atom is 0.494 e. The highest BCUT2D eigenvalue weighted by Crippen LogP contribution is 2.54. The second kappa shape index (κ2) is 33.5. The summed E-state index contributed by atoms with van der Waals surface area (Å²) in [7, 11) is -0.390. The van der Waals surface area contributed by atoms with Crippen LogP contribution in [0.5, 0.6) is 0 Å².